The molecule has 0 radical (unpaired) electrons. The number of methoxy groups -OCH3 is 2. The summed E-state index contributed by atoms with van der Waals surface area (Å²) < 4.78 is 23.4. The van der Waals surface area contributed by atoms with E-state index in [9.17, 15) is 14.4 Å². The first-order valence-electron chi connectivity index (χ1n) is 18.1. The van der Waals surface area contributed by atoms with Gasteiger partial charge in [-0.15, -0.1) is 0 Å². The minimum Gasteiger partial charge on any atom is -0.466 e. The van der Waals surface area contributed by atoms with Gasteiger partial charge in [-0.2, -0.15) is 0 Å². The van der Waals surface area contributed by atoms with Gasteiger partial charge < -0.3 is 33.3 Å². The number of fused-ring (bicyclic) bond motifs is 1. The zero-order valence-corrected chi connectivity index (χ0v) is 30.9. The summed E-state index contributed by atoms with van der Waals surface area (Å²) in [6.45, 7) is 8.14. The second-order valence-corrected chi connectivity index (χ2v) is 14.7. The number of hydrogen-bond donors (Lipinski definition) is 0. The maximum atomic E-state index is 15.0. The Labute approximate surface area is 305 Å². The van der Waals surface area contributed by atoms with E-state index in [1.165, 1.54) is 7.11 Å². The molecular formula is C41H50N4O7. The predicted octanol–water partition coefficient (Wildman–Crippen LogP) is 6.82. The molecule has 2 aromatic heterocycles. The van der Waals surface area contributed by atoms with Crippen LogP contribution < -0.4 is 4.74 Å². The van der Waals surface area contributed by atoms with Crippen LogP contribution in [0.2, 0.25) is 0 Å². The van der Waals surface area contributed by atoms with Crippen molar-refractivity contribution in [2.24, 2.45) is 5.92 Å². The van der Waals surface area contributed by atoms with Crippen molar-refractivity contribution in [3.8, 4) is 17.0 Å². The molecule has 2 fully saturated rings. The number of benzene rings is 2. The third-order valence-corrected chi connectivity index (χ3v) is 9.76. The lowest BCUT2D eigenvalue weighted by Gasteiger charge is -2.40. The third-order valence-electron chi connectivity index (χ3n) is 9.76. The number of ether oxygens (including phenoxy) is 4. The summed E-state index contributed by atoms with van der Waals surface area (Å²) in [6.07, 6.45) is 6.95. The smallest absolute Gasteiger partial charge is 0.410 e. The number of pyridine rings is 1. The molecule has 11 nitrogen and oxygen atoms in total. The fraction of sp³-hybridized carbons (Fsp3) is 0.463. The molecule has 6 rings (SSSR count). The summed E-state index contributed by atoms with van der Waals surface area (Å²) in [5.41, 5.74) is 4.49. The Hall–Kier alpha value is -4.90. The molecule has 2 amide bonds. The van der Waals surface area contributed by atoms with E-state index in [1.54, 1.807) is 24.3 Å². The van der Waals surface area contributed by atoms with Gasteiger partial charge in [0, 0.05) is 80.9 Å². The molecule has 276 valence electrons. The van der Waals surface area contributed by atoms with E-state index in [2.05, 4.69) is 61.8 Å². The van der Waals surface area contributed by atoms with Crippen molar-refractivity contribution in [3.05, 3.63) is 84.2 Å². The van der Waals surface area contributed by atoms with Gasteiger partial charge in [-0.05, 0) is 81.2 Å². The molecule has 1 unspecified atom stereocenters. The average molecular weight is 711 g/mol. The Balaban J connectivity index is 1.29. The highest BCUT2D eigenvalue weighted by molar-refractivity contribution is 5.86. The van der Waals surface area contributed by atoms with Crippen molar-refractivity contribution in [2.45, 2.75) is 77.1 Å². The highest BCUT2D eigenvalue weighted by Crippen LogP contribution is 2.40. The van der Waals surface area contributed by atoms with Crippen LogP contribution in [0.1, 0.15) is 63.5 Å². The van der Waals surface area contributed by atoms with Crippen LogP contribution in [-0.2, 0) is 36.9 Å². The van der Waals surface area contributed by atoms with Gasteiger partial charge >= 0.3 is 12.1 Å². The van der Waals surface area contributed by atoms with Crippen LogP contribution in [0.25, 0.3) is 22.0 Å². The molecule has 0 N–H and O–H groups in total. The lowest BCUT2D eigenvalue weighted by Crippen LogP contribution is -2.51. The quantitative estimate of drug-likeness (QED) is 0.110. The van der Waals surface area contributed by atoms with Crippen molar-refractivity contribution in [2.75, 3.05) is 40.5 Å². The standard InChI is InChI=1S/C41H50N4O7/c1-41(2,3)52-40(48)44-20-18-33(29-11-8-10-28(22-29)30-14-17-37(42-23-30)51-27-38(46)50-5)35(26-44)39(47)45(32-15-16-32)25-31-24-43(19-9-21-49-4)36-13-7-6-12-34(31)36/h6-8,10-14,17,22-24,32-33,35H,9,15-16,18-21,25-27H2,1-5H3/t33-,35?/m1/s1. The van der Waals surface area contributed by atoms with Crippen LogP contribution in [-0.4, -0.2) is 89.5 Å². The fourth-order valence-corrected chi connectivity index (χ4v) is 7.05. The number of carbonyl (C=O) groups excluding carboxylic acids is 3. The normalized spacial score (nSPS) is 17.5. The van der Waals surface area contributed by atoms with E-state index >= 15 is 0 Å². The lowest BCUT2D eigenvalue weighted by molar-refractivity contribution is -0.143. The van der Waals surface area contributed by atoms with E-state index in [0.717, 1.165) is 59.0 Å². The summed E-state index contributed by atoms with van der Waals surface area (Å²) >= 11 is 0. The molecule has 11 heteroatoms. The third kappa shape index (κ3) is 8.93. The summed E-state index contributed by atoms with van der Waals surface area (Å²) in [6, 6.07) is 20.4. The molecule has 0 spiro atoms. The number of para-hydroxylation sites is 1. The average Bonchev–Trinajstić information content (AvgIpc) is 3.94. The Morgan fingerprint density at radius 2 is 1.77 bits per heavy atom. The van der Waals surface area contributed by atoms with E-state index in [1.807, 2.05) is 39.0 Å². The summed E-state index contributed by atoms with van der Waals surface area (Å²) in [7, 11) is 3.03. The first-order valence-corrected chi connectivity index (χ1v) is 18.1. The van der Waals surface area contributed by atoms with Crippen molar-refractivity contribution >= 4 is 28.9 Å². The maximum absolute atomic E-state index is 15.0. The van der Waals surface area contributed by atoms with Crippen molar-refractivity contribution < 1.29 is 33.3 Å². The number of nitrogens with zero attached hydrogens (tertiary/aromatic N) is 4. The minimum atomic E-state index is -0.646. The molecule has 52 heavy (non-hydrogen) atoms. The topological polar surface area (TPSA) is 112 Å². The molecule has 2 aromatic carbocycles. The molecule has 2 atom stereocenters. The van der Waals surface area contributed by atoms with Crippen LogP contribution in [0.5, 0.6) is 5.88 Å². The molecule has 3 heterocycles. The Bertz CT molecular complexity index is 1860. The first-order chi connectivity index (χ1) is 25.0. The number of aromatic nitrogens is 2. The minimum absolute atomic E-state index is 0.0659. The summed E-state index contributed by atoms with van der Waals surface area (Å²) in [5, 5.41) is 1.15. The van der Waals surface area contributed by atoms with Gasteiger partial charge in [-0.1, -0.05) is 42.5 Å². The van der Waals surface area contributed by atoms with E-state index in [0.29, 0.717) is 32.0 Å². The van der Waals surface area contributed by atoms with Crippen molar-refractivity contribution in [1.29, 1.82) is 0 Å². The zero-order chi connectivity index (χ0) is 36.8. The highest BCUT2D eigenvalue weighted by Gasteiger charge is 2.43. The Morgan fingerprint density at radius 3 is 2.48 bits per heavy atom. The van der Waals surface area contributed by atoms with Crippen molar-refractivity contribution in [3.63, 3.8) is 0 Å². The van der Waals surface area contributed by atoms with Crippen LogP contribution in [0.15, 0.2) is 73.1 Å². The Kier molecular flexibility index (Phi) is 11.5. The SMILES string of the molecule is COCCCn1cc(CN(C(=O)C2CN(C(=O)OC(C)(C)C)CC[C@@H]2c2cccc(-c3ccc(OCC(=O)OC)nc3)c2)C2CC2)c2ccccc21. The molecule has 0 bridgehead atoms. The zero-order valence-electron chi connectivity index (χ0n) is 30.9. The second-order valence-electron chi connectivity index (χ2n) is 14.7. The van der Waals surface area contributed by atoms with E-state index < -0.39 is 23.6 Å². The van der Waals surface area contributed by atoms with Gasteiger partial charge in [-0.25, -0.2) is 14.6 Å². The molecule has 1 saturated heterocycles. The Morgan fingerprint density at radius 1 is 0.962 bits per heavy atom. The molecule has 1 saturated carbocycles. The monoisotopic (exact) mass is 710 g/mol. The molecule has 1 aliphatic carbocycles. The maximum Gasteiger partial charge on any atom is 0.410 e. The first kappa shape index (κ1) is 36.9. The van der Waals surface area contributed by atoms with Crippen LogP contribution in [0, 0.1) is 5.92 Å². The van der Waals surface area contributed by atoms with Gasteiger partial charge in [0.1, 0.15) is 5.60 Å². The number of rotatable bonds is 13. The molecular weight excluding hydrogens is 660 g/mol. The number of carbonyl (C=O) groups is 3. The van der Waals surface area contributed by atoms with Crippen molar-refractivity contribution in [1.82, 2.24) is 19.4 Å². The van der Waals surface area contributed by atoms with Gasteiger partial charge in [0.2, 0.25) is 11.8 Å². The molecule has 4 aromatic rings. The van der Waals surface area contributed by atoms with Gasteiger partial charge in [-0.3, -0.25) is 4.79 Å². The summed E-state index contributed by atoms with van der Waals surface area (Å²) in [4.78, 5) is 48.0. The number of amides is 2. The van der Waals surface area contributed by atoms with Crippen LogP contribution >= 0.6 is 0 Å². The van der Waals surface area contributed by atoms with Gasteiger partial charge in [0.05, 0.1) is 13.0 Å². The van der Waals surface area contributed by atoms with E-state index in [-0.39, 0.29) is 31.0 Å². The molecule has 2 aliphatic rings. The number of esters is 1. The highest BCUT2D eigenvalue weighted by atomic mass is 16.6. The fourth-order valence-electron chi connectivity index (χ4n) is 7.05. The van der Waals surface area contributed by atoms with Gasteiger partial charge in [0.15, 0.2) is 6.61 Å². The number of piperidine rings is 1. The number of likely N-dealkylation sites (tertiary alicyclic amines) is 1. The number of hydrogen-bond acceptors (Lipinski definition) is 8. The predicted molar refractivity (Wildman–Crippen MR) is 198 cm³/mol. The lowest BCUT2D eigenvalue weighted by atomic mass is 9.79. The number of aryl methyl sites for hydroxylation is 1. The van der Waals surface area contributed by atoms with Gasteiger partial charge in [0.25, 0.3) is 0 Å². The van der Waals surface area contributed by atoms with E-state index in [4.69, 9.17) is 14.2 Å². The second kappa shape index (κ2) is 16.2. The molecule has 1 aliphatic heterocycles. The van der Waals surface area contributed by atoms with Crippen LogP contribution in [0.4, 0.5) is 4.79 Å². The largest absolute Gasteiger partial charge is 0.466 e. The summed E-state index contributed by atoms with van der Waals surface area (Å²) in [5.74, 6) is -0.664. The van der Waals surface area contributed by atoms with Crippen LogP contribution in [0.3, 0.4) is 0 Å².